The van der Waals surface area contributed by atoms with Crippen LogP contribution < -0.4 is 5.32 Å². The number of fused-ring (bicyclic) bond motifs is 2. The fourth-order valence-corrected chi connectivity index (χ4v) is 4.16. The first-order valence-electron chi connectivity index (χ1n) is 7.75. The minimum Gasteiger partial charge on any atom is -0.347 e. The molecule has 7 heteroatoms. The van der Waals surface area contributed by atoms with Crippen LogP contribution in [0.4, 0.5) is 0 Å². The molecule has 0 saturated carbocycles. The summed E-state index contributed by atoms with van der Waals surface area (Å²) < 4.78 is 1.59. The van der Waals surface area contributed by atoms with Crippen LogP contribution in [0.1, 0.15) is 38.5 Å². The van der Waals surface area contributed by atoms with E-state index in [0.29, 0.717) is 23.3 Å². The molecule has 1 aliphatic rings. The summed E-state index contributed by atoms with van der Waals surface area (Å²) in [5.74, 6) is -0.128. The van der Waals surface area contributed by atoms with Crippen LogP contribution in [-0.2, 0) is 26.4 Å². The first-order chi connectivity index (χ1) is 11.2. The van der Waals surface area contributed by atoms with Gasteiger partial charge in [0.1, 0.15) is 5.52 Å². The van der Waals surface area contributed by atoms with Gasteiger partial charge in [-0.1, -0.05) is 5.21 Å². The number of nitrogens with zero attached hydrogens (tertiary/aromatic N) is 4. The molecule has 0 saturated heterocycles. The van der Waals surface area contributed by atoms with Crippen LogP contribution in [0.5, 0.6) is 0 Å². The normalized spacial score (nSPS) is 14.0. The Hall–Kier alpha value is -2.28. The van der Waals surface area contributed by atoms with Crippen molar-refractivity contribution in [3.8, 4) is 0 Å². The molecular formula is C16H17N5OS. The highest BCUT2D eigenvalue weighted by atomic mass is 32.1. The zero-order chi connectivity index (χ0) is 15.8. The smallest absolute Gasteiger partial charge is 0.253 e. The van der Waals surface area contributed by atoms with E-state index in [1.54, 1.807) is 24.0 Å². The molecule has 1 aliphatic carbocycles. The predicted octanol–water partition coefficient (Wildman–Crippen LogP) is 2.23. The lowest BCUT2D eigenvalue weighted by atomic mass is 9.99. The van der Waals surface area contributed by atoms with Crippen molar-refractivity contribution in [1.82, 2.24) is 25.3 Å². The Bertz CT molecular complexity index is 858. The molecule has 0 bridgehead atoms. The Balaban J connectivity index is 1.47. The molecule has 0 unspecified atom stereocenters. The summed E-state index contributed by atoms with van der Waals surface area (Å²) in [5, 5.41) is 10.9. The Morgan fingerprint density at radius 1 is 1.35 bits per heavy atom. The zero-order valence-electron chi connectivity index (χ0n) is 12.9. The number of thiophene rings is 1. The molecule has 1 amide bonds. The molecule has 0 aliphatic heterocycles. The molecule has 3 aromatic rings. The van der Waals surface area contributed by atoms with E-state index in [2.05, 4.69) is 26.7 Å². The Morgan fingerprint density at radius 3 is 3.09 bits per heavy atom. The second-order valence-corrected chi connectivity index (χ2v) is 7.05. The van der Waals surface area contributed by atoms with E-state index in [4.69, 9.17) is 0 Å². The Labute approximate surface area is 137 Å². The fraction of sp³-hybridized carbons (Fsp3) is 0.375. The van der Waals surface area contributed by atoms with Gasteiger partial charge in [0, 0.05) is 23.0 Å². The van der Waals surface area contributed by atoms with Gasteiger partial charge in [-0.2, -0.15) is 0 Å². The van der Waals surface area contributed by atoms with E-state index < -0.39 is 0 Å². The number of aromatic nitrogens is 4. The van der Waals surface area contributed by atoms with Crippen LogP contribution in [0.25, 0.3) is 11.2 Å². The van der Waals surface area contributed by atoms with Gasteiger partial charge in [-0.15, -0.1) is 16.4 Å². The van der Waals surface area contributed by atoms with Gasteiger partial charge in [0.25, 0.3) is 5.91 Å². The first-order valence-corrected chi connectivity index (χ1v) is 8.56. The molecule has 1 N–H and O–H groups in total. The SMILES string of the molecule is Cn1nnc2cc(C(=O)NCc3cc4c(s3)CCCC4)cnc21. The maximum atomic E-state index is 12.3. The highest BCUT2D eigenvalue weighted by Crippen LogP contribution is 2.29. The average molecular weight is 327 g/mol. The van der Waals surface area contributed by atoms with Crippen molar-refractivity contribution in [3.63, 3.8) is 0 Å². The number of carbonyl (C=O) groups excluding carboxylic acids is 1. The Morgan fingerprint density at radius 2 is 2.22 bits per heavy atom. The molecule has 118 valence electrons. The minimum absolute atomic E-state index is 0.128. The quantitative estimate of drug-likeness (QED) is 0.801. The molecule has 3 heterocycles. The maximum Gasteiger partial charge on any atom is 0.253 e. The zero-order valence-corrected chi connectivity index (χ0v) is 13.7. The maximum absolute atomic E-state index is 12.3. The molecule has 23 heavy (non-hydrogen) atoms. The minimum atomic E-state index is -0.128. The number of aryl methyl sites for hydroxylation is 3. The van der Waals surface area contributed by atoms with Gasteiger partial charge in [0.05, 0.1) is 12.1 Å². The van der Waals surface area contributed by atoms with Gasteiger partial charge in [-0.3, -0.25) is 4.79 Å². The molecule has 0 spiro atoms. The molecular weight excluding hydrogens is 310 g/mol. The number of pyridine rings is 1. The van der Waals surface area contributed by atoms with Crippen molar-refractivity contribution in [2.75, 3.05) is 0 Å². The van der Waals surface area contributed by atoms with Crippen LogP contribution in [0.15, 0.2) is 18.3 Å². The monoisotopic (exact) mass is 327 g/mol. The third-order valence-corrected chi connectivity index (χ3v) is 5.41. The van der Waals surface area contributed by atoms with Gasteiger partial charge < -0.3 is 5.32 Å². The average Bonchev–Trinajstić information content (AvgIpc) is 3.15. The fourth-order valence-electron chi connectivity index (χ4n) is 2.96. The number of rotatable bonds is 3. The second kappa shape index (κ2) is 5.73. The number of nitrogens with one attached hydrogen (secondary N) is 1. The summed E-state index contributed by atoms with van der Waals surface area (Å²) in [5.41, 5.74) is 3.28. The van der Waals surface area contributed by atoms with Gasteiger partial charge in [0.2, 0.25) is 0 Å². The van der Waals surface area contributed by atoms with Gasteiger partial charge >= 0.3 is 0 Å². The van der Waals surface area contributed by atoms with E-state index in [1.807, 2.05) is 11.3 Å². The van der Waals surface area contributed by atoms with Crippen molar-refractivity contribution in [1.29, 1.82) is 0 Å². The van der Waals surface area contributed by atoms with Crippen LogP contribution >= 0.6 is 11.3 Å². The van der Waals surface area contributed by atoms with E-state index in [1.165, 1.54) is 41.0 Å². The summed E-state index contributed by atoms with van der Waals surface area (Å²) >= 11 is 1.82. The highest BCUT2D eigenvalue weighted by molar-refractivity contribution is 7.12. The van der Waals surface area contributed by atoms with E-state index in [9.17, 15) is 4.79 Å². The van der Waals surface area contributed by atoms with Crippen LogP contribution in [0.3, 0.4) is 0 Å². The summed E-state index contributed by atoms with van der Waals surface area (Å²) in [4.78, 5) is 19.3. The van der Waals surface area contributed by atoms with E-state index in [-0.39, 0.29) is 5.91 Å². The lowest BCUT2D eigenvalue weighted by Gasteiger charge is -2.08. The first kappa shape index (κ1) is 14.3. The third kappa shape index (κ3) is 2.72. The van der Waals surface area contributed by atoms with E-state index >= 15 is 0 Å². The molecule has 4 rings (SSSR count). The van der Waals surface area contributed by atoms with Gasteiger partial charge in [-0.05, 0) is 43.4 Å². The largest absolute Gasteiger partial charge is 0.347 e. The summed E-state index contributed by atoms with van der Waals surface area (Å²) in [6, 6.07) is 3.97. The Kier molecular flexibility index (Phi) is 3.57. The van der Waals surface area contributed by atoms with Crippen molar-refractivity contribution in [3.05, 3.63) is 39.2 Å². The molecule has 3 aromatic heterocycles. The van der Waals surface area contributed by atoms with Gasteiger partial charge in [0.15, 0.2) is 5.65 Å². The molecule has 6 nitrogen and oxygen atoms in total. The third-order valence-electron chi connectivity index (χ3n) is 4.17. The van der Waals surface area contributed by atoms with Gasteiger partial charge in [-0.25, -0.2) is 9.67 Å². The number of hydrogen-bond acceptors (Lipinski definition) is 5. The summed E-state index contributed by atoms with van der Waals surface area (Å²) in [6.45, 7) is 0.564. The van der Waals surface area contributed by atoms with Crippen LogP contribution in [0, 0.1) is 0 Å². The number of carbonyl (C=O) groups is 1. The van der Waals surface area contributed by atoms with Crippen molar-refractivity contribution in [2.45, 2.75) is 32.2 Å². The van der Waals surface area contributed by atoms with Crippen molar-refractivity contribution < 1.29 is 4.79 Å². The number of hydrogen-bond donors (Lipinski definition) is 1. The summed E-state index contributed by atoms with van der Waals surface area (Å²) in [6.07, 6.45) is 6.48. The lowest BCUT2D eigenvalue weighted by molar-refractivity contribution is 0.0951. The van der Waals surface area contributed by atoms with E-state index in [0.717, 1.165) is 0 Å². The highest BCUT2D eigenvalue weighted by Gasteiger charge is 2.14. The molecule has 0 aromatic carbocycles. The number of amides is 1. The molecule has 0 fully saturated rings. The standard InChI is InChI=1S/C16H17N5OS/c1-21-15-13(19-20-21)7-11(8-17-15)16(22)18-9-12-6-10-4-2-3-5-14(10)23-12/h6-8H,2-5,9H2,1H3,(H,18,22). The molecule has 0 atom stereocenters. The second-order valence-electron chi connectivity index (χ2n) is 5.83. The predicted molar refractivity (Wildman–Crippen MR) is 88.4 cm³/mol. The summed E-state index contributed by atoms with van der Waals surface area (Å²) in [7, 11) is 1.78. The van der Waals surface area contributed by atoms with Crippen LogP contribution in [-0.4, -0.2) is 25.9 Å². The van der Waals surface area contributed by atoms with Crippen molar-refractivity contribution in [2.24, 2.45) is 7.05 Å². The van der Waals surface area contributed by atoms with Crippen molar-refractivity contribution >= 4 is 28.4 Å². The topological polar surface area (TPSA) is 72.7 Å². The lowest BCUT2D eigenvalue weighted by Crippen LogP contribution is -2.22. The van der Waals surface area contributed by atoms with Crippen LogP contribution in [0.2, 0.25) is 0 Å². The molecule has 0 radical (unpaired) electrons.